The van der Waals surface area contributed by atoms with Crippen molar-refractivity contribution in [1.82, 2.24) is 24.4 Å². The summed E-state index contributed by atoms with van der Waals surface area (Å²) in [4.78, 5) is 14.8. The standard InChI is InChI=1S/C14H21N7O/c15-12-13(17-2-1-4-20-6-8-22-9-7-20)18-10-19-14(12)21-5-3-16-11-21/h3,5,10-11H,1-2,4,6-9,15H2,(H,17,18,19). The molecule has 8 nitrogen and oxygen atoms in total. The molecule has 0 saturated carbocycles. The first-order chi connectivity index (χ1) is 10.8. The molecule has 0 spiro atoms. The molecule has 1 aliphatic rings. The Balaban J connectivity index is 1.53. The summed E-state index contributed by atoms with van der Waals surface area (Å²) in [7, 11) is 0. The van der Waals surface area contributed by atoms with Crippen LogP contribution < -0.4 is 11.1 Å². The molecule has 3 rings (SSSR count). The number of aromatic nitrogens is 4. The topological polar surface area (TPSA) is 94.1 Å². The second-order valence-corrected chi connectivity index (χ2v) is 5.16. The second kappa shape index (κ2) is 7.19. The summed E-state index contributed by atoms with van der Waals surface area (Å²) >= 11 is 0. The average Bonchev–Trinajstić information content (AvgIpc) is 3.08. The van der Waals surface area contributed by atoms with Gasteiger partial charge in [0.1, 0.15) is 18.3 Å². The van der Waals surface area contributed by atoms with Gasteiger partial charge in [-0.25, -0.2) is 15.0 Å². The Labute approximate surface area is 129 Å². The van der Waals surface area contributed by atoms with Crippen molar-refractivity contribution in [2.75, 3.05) is 50.4 Å². The molecule has 0 atom stereocenters. The lowest BCUT2D eigenvalue weighted by Crippen LogP contribution is -2.37. The average molecular weight is 303 g/mol. The molecule has 1 saturated heterocycles. The Morgan fingerprint density at radius 2 is 2.14 bits per heavy atom. The molecular formula is C14H21N7O. The third kappa shape index (κ3) is 3.52. The van der Waals surface area contributed by atoms with Crippen molar-refractivity contribution in [3.63, 3.8) is 0 Å². The van der Waals surface area contributed by atoms with Crippen LogP contribution >= 0.6 is 0 Å². The number of anilines is 2. The molecule has 0 radical (unpaired) electrons. The Morgan fingerprint density at radius 1 is 1.27 bits per heavy atom. The first-order valence-corrected chi connectivity index (χ1v) is 7.47. The molecule has 118 valence electrons. The molecule has 22 heavy (non-hydrogen) atoms. The van der Waals surface area contributed by atoms with Crippen LogP contribution in [-0.4, -0.2) is 63.8 Å². The van der Waals surface area contributed by atoms with Crippen molar-refractivity contribution < 1.29 is 4.74 Å². The van der Waals surface area contributed by atoms with Crippen molar-refractivity contribution in [1.29, 1.82) is 0 Å². The van der Waals surface area contributed by atoms with E-state index >= 15 is 0 Å². The zero-order chi connectivity index (χ0) is 15.2. The van der Waals surface area contributed by atoms with Crippen LogP contribution in [0.4, 0.5) is 11.5 Å². The number of nitrogens with zero attached hydrogens (tertiary/aromatic N) is 5. The van der Waals surface area contributed by atoms with E-state index in [1.54, 1.807) is 23.3 Å². The summed E-state index contributed by atoms with van der Waals surface area (Å²) in [5.41, 5.74) is 6.67. The van der Waals surface area contributed by atoms with E-state index < -0.39 is 0 Å². The maximum Gasteiger partial charge on any atom is 0.166 e. The fourth-order valence-corrected chi connectivity index (χ4v) is 2.45. The number of imidazole rings is 1. The predicted octanol–water partition coefficient (Wildman–Crippen LogP) is 0.379. The molecule has 0 bridgehead atoms. The highest BCUT2D eigenvalue weighted by Crippen LogP contribution is 2.20. The Hall–Kier alpha value is -2.19. The highest BCUT2D eigenvalue weighted by Gasteiger charge is 2.11. The molecule has 0 aromatic carbocycles. The normalized spacial score (nSPS) is 15.8. The van der Waals surface area contributed by atoms with E-state index in [-0.39, 0.29) is 0 Å². The van der Waals surface area contributed by atoms with Gasteiger partial charge in [-0.05, 0) is 13.0 Å². The van der Waals surface area contributed by atoms with Crippen molar-refractivity contribution in [3.8, 4) is 5.82 Å². The summed E-state index contributed by atoms with van der Waals surface area (Å²) < 4.78 is 7.12. The van der Waals surface area contributed by atoms with Crippen LogP contribution in [0, 0.1) is 0 Å². The number of ether oxygens (including phenoxy) is 1. The second-order valence-electron chi connectivity index (χ2n) is 5.16. The van der Waals surface area contributed by atoms with Gasteiger partial charge in [-0.2, -0.15) is 0 Å². The molecule has 2 aromatic heterocycles. The molecular weight excluding hydrogens is 282 g/mol. The van der Waals surface area contributed by atoms with Crippen molar-refractivity contribution in [2.24, 2.45) is 0 Å². The van der Waals surface area contributed by atoms with Gasteiger partial charge < -0.3 is 15.8 Å². The molecule has 1 aliphatic heterocycles. The minimum absolute atomic E-state index is 0.534. The smallest absolute Gasteiger partial charge is 0.166 e. The van der Waals surface area contributed by atoms with Gasteiger partial charge in [0.25, 0.3) is 0 Å². The molecule has 1 fully saturated rings. The van der Waals surface area contributed by atoms with Gasteiger partial charge in [0.05, 0.1) is 13.2 Å². The van der Waals surface area contributed by atoms with Gasteiger partial charge in [-0.15, -0.1) is 0 Å². The van der Waals surface area contributed by atoms with E-state index in [4.69, 9.17) is 10.5 Å². The first kappa shape index (κ1) is 14.7. The number of nitrogens with two attached hydrogens (primary N) is 1. The molecule has 3 N–H and O–H groups in total. The summed E-state index contributed by atoms with van der Waals surface area (Å²) in [6.45, 7) is 5.57. The third-order valence-electron chi connectivity index (χ3n) is 3.66. The lowest BCUT2D eigenvalue weighted by Gasteiger charge is -2.26. The number of hydrogen-bond acceptors (Lipinski definition) is 7. The molecule has 0 unspecified atom stereocenters. The lowest BCUT2D eigenvalue weighted by atomic mass is 10.3. The Bertz CT molecular complexity index is 581. The largest absolute Gasteiger partial charge is 0.393 e. The minimum atomic E-state index is 0.534. The maximum absolute atomic E-state index is 6.14. The molecule has 8 heteroatoms. The maximum atomic E-state index is 6.14. The van der Waals surface area contributed by atoms with E-state index in [0.29, 0.717) is 17.3 Å². The van der Waals surface area contributed by atoms with Crippen LogP contribution in [-0.2, 0) is 4.74 Å². The van der Waals surface area contributed by atoms with Crippen LogP contribution in [0.3, 0.4) is 0 Å². The summed E-state index contributed by atoms with van der Waals surface area (Å²) in [6.07, 6.45) is 7.71. The van der Waals surface area contributed by atoms with Gasteiger partial charge in [-0.1, -0.05) is 0 Å². The summed E-state index contributed by atoms with van der Waals surface area (Å²) in [6, 6.07) is 0. The molecule has 3 heterocycles. The lowest BCUT2D eigenvalue weighted by molar-refractivity contribution is 0.0378. The minimum Gasteiger partial charge on any atom is -0.393 e. The van der Waals surface area contributed by atoms with Crippen LogP contribution in [0.25, 0.3) is 5.82 Å². The Morgan fingerprint density at radius 3 is 2.91 bits per heavy atom. The number of morpholine rings is 1. The highest BCUT2D eigenvalue weighted by atomic mass is 16.5. The van der Waals surface area contributed by atoms with E-state index in [2.05, 4.69) is 25.2 Å². The number of nitrogen functional groups attached to an aromatic ring is 1. The van der Waals surface area contributed by atoms with E-state index in [1.165, 1.54) is 6.33 Å². The van der Waals surface area contributed by atoms with Crippen molar-refractivity contribution in [3.05, 3.63) is 25.0 Å². The molecule has 0 aliphatic carbocycles. The fraction of sp³-hybridized carbons (Fsp3) is 0.500. The predicted molar refractivity (Wildman–Crippen MR) is 83.9 cm³/mol. The van der Waals surface area contributed by atoms with E-state index in [9.17, 15) is 0 Å². The van der Waals surface area contributed by atoms with Crippen molar-refractivity contribution in [2.45, 2.75) is 6.42 Å². The molecule has 0 amide bonds. The van der Waals surface area contributed by atoms with Gasteiger partial charge in [-0.3, -0.25) is 9.47 Å². The summed E-state index contributed by atoms with van der Waals surface area (Å²) in [5, 5.41) is 3.29. The van der Waals surface area contributed by atoms with Gasteiger partial charge in [0.15, 0.2) is 11.6 Å². The zero-order valence-corrected chi connectivity index (χ0v) is 12.5. The van der Waals surface area contributed by atoms with E-state index in [1.807, 2.05) is 0 Å². The fourth-order valence-electron chi connectivity index (χ4n) is 2.45. The summed E-state index contributed by atoms with van der Waals surface area (Å²) in [5.74, 6) is 1.31. The van der Waals surface area contributed by atoms with Crippen LogP contribution in [0.15, 0.2) is 25.0 Å². The SMILES string of the molecule is Nc1c(NCCCN2CCOCC2)ncnc1-n1ccnc1. The number of nitrogens with one attached hydrogen (secondary N) is 1. The van der Waals surface area contributed by atoms with Crippen molar-refractivity contribution >= 4 is 11.5 Å². The van der Waals surface area contributed by atoms with Crippen LogP contribution in [0.2, 0.25) is 0 Å². The van der Waals surface area contributed by atoms with Crippen LogP contribution in [0.5, 0.6) is 0 Å². The Kier molecular flexibility index (Phi) is 4.81. The van der Waals surface area contributed by atoms with Gasteiger partial charge in [0.2, 0.25) is 0 Å². The quantitative estimate of drug-likeness (QED) is 0.745. The van der Waals surface area contributed by atoms with E-state index in [0.717, 1.165) is 45.8 Å². The van der Waals surface area contributed by atoms with Gasteiger partial charge in [0, 0.05) is 32.0 Å². The number of rotatable bonds is 6. The first-order valence-electron chi connectivity index (χ1n) is 7.47. The third-order valence-corrected chi connectivity index (χ3v) is 3.66. The molecule has 2 aromatic rings. The monoisotopic (exact) mass is 303 g/mol. The zero-order valence-electron chi connectivity index (χ0n) is 12.5. The number of hydrogen-bond donors (Lipinski definition) is 2. The highest BCUT2D eigenvalue weighted by molar-refractivity contribution is 5.69. The van der Waals surface area contributed by atoms with Gasteiger partial charge >= 0.3 is 0 Å². The van der Waals surface area contributed by atoms with Crippen LogP contribution in [0.1, 0.15) is 6.42 Å².